The fourth-order valence-electron chi connectivity index (χ4n) is 2.37. The third kappa shape index (κ3) is 4.26. The van der Waals surface area contributed by atoms with Crippen LogP contribution in [0.3, 0.4) is 0 Å². The number of carbonyl (C=O) groups is 1. The molecule has 0 fully saturated rings. The molecule has 1 N–H and O–H groups in total. The summed E-state index contributed by atoms with van der Waals surface area (Å²) in [7, 11) is 3.00. The van der Waals surface area contributed by atoms with Crippen LogP contribution >= 0.6 is 23.4 Å². The third-order valence-corrected chi connectivity index (χ3v) is 5.10. The molecule has 0 aliphatic heterocycles. The van der Waals surface area contributed by atoms with E-state index in [0.29, 0.717) is 39.4 Å². The van der Waals surface area contributed by atoms with Gasteiger partial charge in [-0.05, 0) is 26.0 Å². The molecule has 0 saturated heterocycles. The molecule has 0 radical (unpaired) electrons. The van der Waals surface area contributed by atoms with Crippen molar-refractivity contribution >= 4 is 35.0 Å². The first kappa shape index (κ1) is 20.1. The van der Waals surface area contributed by atoms with Gasteiger partial charge in [0.15, 0.2) is 0 Å². The van der Waals surface area contributed by atoms with Gasteiger partial charge in [-0.3, -0.25) is 4.79 Å². The number of thioether (sulfide) groups is 1. The Bertz CT molecular complexity index is 988. The largest absolute Gasteiger partial charge is 0.495 e. The quantitative estimate of drug-likeness (QED) is 0.557. The maximum absolute atomic E-state index is 12.6. The van der Waals surface area contributed by atoms with Crippen LogP contribution < -0.4 is 14.8 Å². The van der Waals surface area contributed by atoms with E-state index >= 15 is 0 Å². The number of hydrogen-bond acceptors (Lipinski definition) is 8. The monoisotopic (exact) mass is 423 g/mol. The fourth-order valence-corrected chi connectivity index (χ4v) is 3.29. The topological polar surface area (TPSA) is 99.6 Å². The van der Waals surface area contributed by atoms with E-state index in [1.807, 2.05) is 0 Å². The summed E-state index contributed by atoms with van der Waals surface area (Å²) in [6, 6.07) is 4.92. The summed E-state index contributed by atoms with van der Waals surface area (Å²) in [6.45, 7) is 3.53. The number of carbonyl (C=O) groups excluding carboxylic acids is 1. The summed E-state index contributed by atoms with van der Waals surface area (Å²) in [5.41, 5.74) is 1.15. The smallest absolute Gasteiger partial charge is 0.277 e. The molecule has 2 heterocycles. The van der Waals surface area contributed by atoms with E-state index in [0.717, 1.165) is 11.8 Å². The summed E-state index contributed by atoms with van der Waals surface area (Å²) in [5.74, 6) is 1.62. The standard InChI is InChI=1S/C18H18ClN3O5S/c1-9-11(5-6-26-9)17-21-22-18(27-17)28-10(2)16(23)20-13-7-12(19)14(24-3)8-15(13)25-4/h5-8,10H,1-4H3,(H,20,23). The number of nitrogens with one attached hydrogen (secondary N) is 1. The Hall–Kier alpha value is -2.65. The molecule has 0 aliphatic rings. The molecule has 1 amide bonds. The van der Waals surface area contributed by atoms with Crippen LogP contribution in [0.5, 0.6) is 11.5 Å². The second kappa shape index (κ2) is 8.57. The zero-order chi connectivity index (χ0) is 20.3. The molecule has 3 rings (SSSR count). The summed E-state index contributed by atoms with van der Waals surface area (Å²) >= 11 is 7.28. The molecule has 1 unspecified atom stereocenters. The zero-order valence-corrected chi connectivity index (χ0v) is 17.2. The first-order chi connectivity index (χ1) is 13.4. The molecule has 0 bridgehead atoms. The average Bonchev–Trinajstić information content (AvgIpc) is 3.30. The minimum Gasteiger partial charge on any atom is -0.495 e. The highest BCUT2D eigenvalue weighted by atomic mass is 35.5. The van der Waals surface area contributed by atoms with Gasteiger partial charge in [-0.2, -0.15) is 0 Å². The van der Waals surface area contributed by atoms with Gasteiger partial charge in [0, 0.05) is 6.07 Å². The molecule has 0 saturated carbocycles. The molecule has 28 heavy (non-hydrogen) atoms. The van der Waals surface area contributed by atoms with E-state index < -0.39 is 5.25 Å². The Kier molecular flexibility index (Phi) is 6.15. The highest BCUT2D eigenvalue weighted by molar-refractivity contribution is 8.00. The minimum atomic E-state index is -0.510. The molecular formula is C18H18ClN3O5S. The summed E-state index contributed by atoms with van der Waals surface area (Å²) in [5, 5.41) is 10.9. The van der Waals surface area contributed by atoms with Crippen LogP contribution in [0.2, 0.25) is 5.02 Å². The highest BCUT2D eigenvalue weighted by Gasteiger charge is 2.21. The van der Waals surface area contributed by atoms with Crippen LogP contribution in [-0.2, 0) is 4.79 Å². The number of rotatable bonds is 7. The Labute approximate surface area is 170 Å². The molecule has 0 aliphatic carbocycles. The lowest BCUT2D eigenvalue weighted by Crippen LogP contribution is -2.22. The first-order valence-corrected chi connectivity index (χ1v) is 9.45. The van der Waals surface area contributed by atoms with Gasteiger partial charge >= 0.3 is 0 Å². The summed E-state index contributed by atoms with van der Waals surface area (Å²) in [6.07, 6.45) is 1.55. The van der Waals surface area contributed by atoms with E-state index in [-0.39, 0.29) is 11.1 Å². The maximum atomic E-state index is 12.6. The van der Waals surface area contributed by atoms with Crippen LogP contribution in [0.15, 0.2) is 38.5 Å². The number of hydrogen-bond donors (Lipinski definition) is 1. The second-order valence-corrected chi connectivity index (χ2v) is 7.40. The number of ether oxygens (including phenoxy) is 2. The molecule has 10 heteroatoms. The van der Waals surface area contributed by atoms with Gasteiger partial charge in [0.25, 0.3) is 11.1 Å². The van der Waals surface area contributed by atoms with Crippen LogP contribution in [0.25, 0.3) is 11.5 Å². The third-order valence-electron chi connectivity index (χ3n) is 3.87. The van der Waals surface area contributed by atoms with E-state index in [1.165, 1.54) is 14.2 Å². The minimum absolute atomic E-state index is 0.274. The predicted molar refractivity (Wildman–Crippen MR) is 105 cm³/mol. The van der Waals surface area contributed by atoms with Crippen molar-refractivity contribution in [3.63, 3.8) is 0 Å². The van der Waals surface area contributed by atoms with E-state index in [9.17, 15) is 4.79 Å². The number of aromatic nitrogens is 2. The lowest BCUT2D eigenvalue weighted by Gasteiger charge is -2.15. The molecule has 8 nitrogen and oxygen atoms in total. The van der Waals surface area contributed by atoms with Gasteiger partial charge in [0.05, 0.1) is 42.0 Å². The fraction of sp³-hybridized carbons (Fsp3) is 0.278. The molecule has 0 spiro atoms. The van der Waals surface area contributed by atoms with E-state index in [4.69, 9.17) is 29.9 Å². The van der Waals surface area contributed by atoms with Crippen molar-refractivity contribution in [3.05, 3.63) is 35.2 Å². The van der Waals surface area contributed by atoms with Gasteiger partial charge in [-0.25, -0.2) is 0 Å². The van der Waals surface area contributed by atoms with E-state index in [1.54, 1.807) is 38.3 Å². The number of aryl methyl sites for hydroxylation is 1. The molecule has 148 valence electrons. The SMILES string of the molecule is COc1cc(OC)c(NC(=O)C(C)Sc2nnc(-c3ccoc3C)o2)cc1Cl. The van der Waals surface area contributed by atoms with Crippen LogP contribution in [0.1, 0.15) is 12.7 Å². The Morgan fingerprint density at radius 2 is 2.00 bits per heavy atom. The molecule has 1 atom stereocenters. The number of methoxy groups -OCH3 is 2. The molecular weight excluding hydrogens is 406 g/mol. The van der Waals surface area contributed by atoms with Crippen LogP contribution in [0.4, 0.5) is 5.69 Å². The van der Waals surface area contributed by atoms with Gasteiger partial charge < -0.3 is 23.6 Å². The van der Waals surface area contributed by atoms with Crippen molar-refractivity contribution < 1.29 is 23.1 Å². The van der Waals surface area contributed by atoms with Gasteiger partial charge in [0.2, 0.25) is 5.91 Å². The maximum Gasteiger partial charge on any atom is 0.277 e. The van der Waals surface area contributed by atoms with Crippen LogP contribution in [0, 0.1) is 6.92 Å². The lowest BCUT2D eigenvalue weighted by molar-refractivity contribution is -0.115. The van der Waals surface area contributed by atoms with Crippen molar-refractivity contribution in [1.82, 2.24) is 10.2 Å². The van der Waals surface area contributed by atoms with Crippen molar-refractivity contribution in [3.8, 4) is 23.0 Å². The Morgan fingerprint density at radius 1 is 1.25 bits per heavy atom. The number of nitrogens with zero attached hydrogens (tertiary/aromatic N) is 2. The number of furan rings is 1. The Balaban J connectivity index is 1.70. The lowest BCUT2D eigenvalue weighted by atomic mass is 10.2. The first-order valence-electron chi connectivity index (χ1n) is 8.20. The molecule has 2 aromatic heterocycles. The van der Waals surface area contributed by atoms with Crippen molar-refractivity contribution in [1.29, 1.82) is 0 Å². The highest BCUT2D eigenvalue weighted by Crippen LogP contribution is 2.36. The zero-order valence-electron chi connectivity index (χ0n) is 15.6. The molecule has 3 aromatic rings. The van der Waals surface area contributed by atoms with Crippen LogP contribution in [-0.4, -0.2) is 35.6 Å². The van der Waals surface area contributed by atoms with Gasteiger partial charge in [-0.1, -0.05) is 23.4 Å². The normalized spacial score (nSPS) is 11.9. The summed E-state index contributed by atoms with van der Waals surface area (Å²) in [4.78, 5) is 12.6. The van der Waals surface area contributed by atoms with Gasteiger partial charge in [-0.15, -0.1) is 10.2 Å². The van der Waals surface area contributed by atoms with Crippen molar-refractivity contribution in [2.24, 2.45) is 0 Å². The molecule has 1 aromatic carbocycles. The van der Waals surface area contributed by atoms with Crippen molar-refractivity contribution in [2.45, 2.75) is 24.3 Å². The van der Waals surface area contributed by atoms with Crippen molar-refractivity contribution in [2.75, 3.05) is 19.5 Å². The van der Waals surface area contributed by atoms with E-state index in [2.05, 4.69) is 15.5 Å². The summed E-state index contributed by atoms with van der Waals surface area (Å²) < 4.78 is 21.3. The number of anilines is 1. The Morgan fingerprint density at radius 3 is 2.64 bits per heavy atom. The number of amides is 1. The second-order valence-electron chi connectivity index (χ2n) is 5.70. The number of benzene rings is 1. The van der Waals surface area contributed by atoms with Gasteiger partial charge in [0.1, 0.15) is 17.3 Å². The number of halogens is 1. The average molecular weight is 424 g/mol. The predicted octanol–water partition coefficient (Wildman–Crippen LogP) is 4.43.